The molecule has 0 bridgehead atoms. The first-order chi connectivity index (χ1) is 11.5. The highest BCUT2D eigenvalue weighted by Gasteiger charge is 2.16. The monoisotopic (exact) mass is 367 g/mol. The Morgan fingerprint density at radius 1 is 1.08 bits per heavy atom. The van der Waals surface area contributed by atoms with Crippen molar-refractivity contribution in [1.82, 2.24) is 10.7 Å². The molecule has 2 rings (SSSR count). The molecule has 0 heterocycles. The predicted octanol–water partition coefficient (Wildman–Crippen LogP) is 3.01. The van der Waals surface area contributed by atoms with Crippen LogP contribution in [-0.4, -0.2) is 24.6 Å². The second-order valence-corrected chi connectivity index (χ2v) is 5.41. The average molecular weight is 368 g/mol. The van der Waals surface area contributed by atoms with Crippen LogP contribution in [0.25, 0.3) is 0 Å². The Balaban J connectivity index is 1.87. The van der Waals surface area contributed by atoms with Crippen LogP contribution in [0.3, 0.4) is 0 Å². The van der Waals surface area contributed by atoms with Gasteiger partial charge in [0.2, 0.25) is 0 Å². The van der Waals surface area contributed by atoms with Crippen LogP contribution in [0.4, 0.5) is 4.39 Å². The summed E-state index contributed by atoms with van der Waals surface area (Å²) in [5.74, 6) is -2.14. The lowest BCUT2D eigenvalue weighted by Crippen LogP contribution is -2.35. The van der Waals surface area contributed by atoms with E-state index in [2.05, 4.69) is 15.8 Å². The Bertz CT molecular complexity index is 776. The number of nitrogens with zero attached hydrogens (tertiary/aromatic N) is 1. The number of hydrogen-bond donors (Lipinski definition) is 2. The van der Waals surface area contributed by atoms with Gasteiger partial charge in [0.25, 0.3) is 11.8 Å². The number of benzene rings is 2. The van der Waals surface area contributed by atoms with E-state index in [9.17, 15) is 14.0 Å². The van der Waals surface area contributed by atoms with E-state index in [-0.39, 0.29) is 17.1 Å². The van der Waals surface area contributed by atoms with Crippen LogP contribution in [0.1, 0.15) is 15.9 Å². The topological polar surface area (TPSA) is 70.6 Å². The minimum Gasteiger partial charge on any atom is -0.343 e. The van der Waals surface area contributed by atoms with E-state index in [4.69, 9.17) is 23.2 Å². The number of rotatable bonds is 5. The summed E-state index contributed by atoms with van der Waals surface area (Å²) >= 11 is 11.7. The maximum absolute atomic E-state index is 13.6. The minimum atomic E-state index is -0.789. The van der Waals surface area contributed by atoms with Gasteiger partial charge in [0.05, 0.1) is 23.3 Å². The van der Waals surface area contributed by atoms with Gasteiger partial charge in [0.15, 0.2) is 0 Å². The third-order valence-corrected chi connectivity index (χ3v) is 3.56. The Morgan fingerprint density at radius 2 is 1.79 bits per heavy atom. The number of hydrazone groups is 1. The van der Waals surface area contributed by atoms with E-state index in [1.54, 1.807) is 24.3 Å². The molecule has 0 aliphatic carbocycles. The summed E-state index contributed by atoms with van der Waals surface area (Å²) in [6.45, 7) is -0.386. The Morgan fingerprint density at radius 3 is 2.50 bits per heavy atom. The quantitative estimate of drug-likeness (QED) is 0.629. The first-order valence-corrected chi connectivity index (χ1v) is 7.53. The highest BCUT2D eigenvalue weighted by Crippen LogP contribution is 2.18. The number of carbonyl (C=O) groups excluding carboxylic acids is 2. The molecule has 0 atom stereocenters. The molecule has 124 valence electrons. The third-order valence-electron chi connectivity index (χ3n) is 2.90. The predicted molar refractivity (Wildman–Crippen MR) is 90.9 cm³/mol. The Hall–Kier alpha value is -2.44. The van der Waals surface area contributed by atoms with Crippen LogP contribution >= 0.6 is 23.2 Å². The second kappa shape index (κ2) is 8.42. The molecule has 0 aromatic heterocycles. The highest BCUT2D eigenvalue weighted by molar-refractivity contribution is 6.34. The van der Waals surface area contributed by atoms with E-state index < -0.39 is 17.6 Å². The summed E-state index contributed by atoms with van der Waals surface area (Å²) in [5, 5.41) is 6.44. The number of hydrogen-bond acceptors (Lipinski definition) is 3. The Labute approximate surface area is 147 Å². The lowest BCUT2D eigenvalue weighted by atomic mass is 10.2. The first-order valence-electron chi connectivity index (χ1n) is 6.77. The molecule has 2 aromatic rings. The fraction of sp³-hybridized carbons (Fsp3) is 0.0625. The van der Waals surface area contributed by atoms with Crippen molar-refractivity contribution in [1.29, 1.82) is 0 Å². The van der Waals surface area contributed by atoms with Crippen molar-refractivity contribution in [2.75, 3.05) is 6.54 Å². The van der Waals surface area contributed by atoms with Gasteiger partial charge >= 0.3 is 0 Å². The van der Waals surface area contributed by atoms with Crippen LogP contribution in [0, 0.1) is 5.82 Å². The van der Waals surface area contributed by atoms with Crippen molar-refractivity contribution in [3.8, 4) is 0 Å². The molecular formula is C16H12Cl2FN3O2. The molecule has 0 aliphatic rings. The summed E-state index contributed by atoms with van der Waals surface area (Å²) in [5.41, 5.74) is 2.54. The van der Waals surface area contributed by atoms with Crippen LogP contribution in [-0.2, 0) is 4.79 Å². The molecule has 0 fully saturated rings. The average Bonchev–Trinajstić information content (AvgIpc) is 2.54. The molecule has 0 saturated heterocycles. The lowest BCUT2D eigenvalue weighted by molar-refractivity contribution is -0.120. The summed E-state index contributed by atoms with van der Waals surface area (Å²) in [4.78, 5) is 23.5. The summed E-state index contributed by atoms with van der Waals surface area (Å²) in [6, 6.07) is 10.8. The Kier molecular flexibility index (Phi) is 6.28. The van der Waals surface area contributed by atoms with Crippen molar-refractivity contribution < 1.29 is 14.0 Å². The fourth-order valence-electron chi connectivity index (χ4n) is 1.76. The zero-order chi connectivity index (χ0) is 17.5. The minimum absolute atomic E-state index is 0.0374. The summed E-state index contributed by atoms with van der Waals surface area (Å²) in [7, 11) is 0. The lowest BCUT2D eigenvalue weighted by Gasteiger charge is -2.06. The van der Waals surface area contributed by atoms with Gasteiger partial charge < -0.3 is 5.32 Å². The molecule has 24 heavy (non-hydrogen) atoms. The van der Waals surface area contributed by atoms with Crippen molar-refractivity contribution in [2.24, 2.45) is 5.10 Å². The van der Waals surface area contributed by atoms with Gasteiger partial charge in [-0.25, -0.2) is 9.82 Å². The number of amides is 2. The molecular weight excluding hydrogens is 356 g/mol. The fourth-order valence-corrected chi connectivity index (χ4v) is 2.19. The SMILES string of the molecule is O=C(CNC(=O)c1c(F)cccc1Cl)NN=Cc1ccccc1Cl. The molecule has 2 aromatic carbocycles. The largest absolute Gasteiger partial charge is 0.343 e. The summed E-state index contributed by atoms with van der Waals surface area (Å²) in [6.07, 6.45) is 1.37. The summed E-state index contributed by atoms with van der Waals surface area (Å²) < 4.78 is 13.6. The van der Waals surface area contributed by atoms with Crippen molar-refractivity contribution >= 4 is 41.2 Å². The highest BCUT2D eigenvalue weighted by atomic mass is 35.5. The zero-order valence-electron chi connectivity index (χ0n) is 12.2. The molecule has 0 unspecified atom stereocenters. The molecule has 2 N–H and O–H groups in total. The number of nitrogens with one attached hydrogen (secondary N) is 2. The number of halogens is 3. The molecule has 0 spiro atoms. The van der Waals surface area contributed by atoms with E-state index in [1.807, 2.05) is 0 Å². The molecule has 0 aliphatic heterocycles. The molecule has 0 radical (unpaired) electrons. The second-order valence-electron chi connectivity index (χ2n) is 4.59. The molecule has 0 saturated carbocycles. The van der Waals surface area contributed by atoms with Gasteiger partial charge in [-0.05, 0) is 18.2 Å². The van der Waals surface area contributed by atoms with Gasteiger partial charge in [-0.1, -0.05) is 47.5 Å². The van der Waals surface area contributed by atoms with E-state index in [0.717, 1.165) is 6.07 Å². The van der Waals surface area contributed by atoms with Gasteiger partial charge in [0, 0.05) is 10.6 Å². The van der Waals surface area contributed by atoms with Crippen molar-refractivity contribution in [2.45, 2.75) is 0 Å². The maximum Gasteiger partial charge on any atom is 0.259 e. The van der Waals surface area contributed by atoms with Gasteiger partial charge in [-0.2, -0.15) is 5.10 Å². The normalized spacial score (nSPS) is 10.6. The van der Waals surface area contributed by atoms with Crippen LogP contribution in [0.15, 0.2) is 47.6 Å². The van der Waals surface area contributed by atoms with Crippen LogP contribution in [0.5, 0.6) is 0 Å². The van der Waals surface area contributed by atoms with Gasteiger partial charge in [-0.15, -0.1) is 0 Å². The molecule has 5 nitrogen and oxygen atoms in total. The van der Waals surface area contributed by atoms with Crippen molar-refractivity contribution in [3.05, 3.63) is 69.5 Å². The zero-order valence-corrected chi connectivity index (χ0v) is 13.7. The van der Waals surface area contributed by atoms with E-state index in [1.165, 1.54) is 18.3 Å². The first kappa shape index (κ1) is 17.9. The molecule has 2 amide bonds. The standard InChI is InChI=1S/C16H12Cl2FN3O2/c17-11-5-2-1-4-10(11)8-21-22-14(23)9-20-16(24)15-12(18)6-3-7-13(15)19/h1-8H,9H2,(H,20,24)(H,22,23). The van der Waals surface area contributed by atoms with Crippen LogP contribution < -0.4 is 10.7 Å². The smallest absolute Gasteiger partial charge is 0.259 e. The van der Waals surface area contributed by atoms with Crippen molar-refractivity contribution in [3.63, 3.8) is 0 Å². The molecule has 8 heteroatoms. The van der Waals surface area contributed by atoms with E-state index >= 15 is 0 Å². The van der Waals surface area contributed by atoms with E-state index in [0.29, 0.717) is 10.6 Å². The maximum atomic E-state index is 13.6. The number of carbonyl (C=O) groups is 2. The van der Waals surface area contributed by atoms with Crippen LogP contribution in [0.2, 0.25) is 10.0 Å². The van der Waals surface area contributed by atoms with Gasteiger partial charge in [-0.3, -0.25) is 9.59 Å². The third kappa shape index (κ3) is 4.78. The van der Waals surface area contributed by atoms with Gasteiger partial charge in [0.1, 0.15) is 5.82 Å².